The molecule has 2 rings (SSSR count). The molecule has 0 saturated carbocycles. The SMILES string of the molecule is CCn1c(-c2c(F)cccc2F)c(C(=O)C(C)C)cc(Cl)c1=O. The summed E-state index contributed by atoms with van der Waals surface area (Å²) in [6.07, 6.45) is 0. The second-order valence-corrected chi connectivity index (χ2v) is 5.83. The lowest BCUT2D eigenvalue weighted by Crippen LogP contribution is -2.26. The summed E-state index contributed by atoms with van der Waals surface area (Å²) in [5.41, 5.74) is -1.02. The van der Waals surface area contributed by atoms with Crippen LogP contribution < -0.4 is 5.56 Å². The number of benzene rings is 1. The Kier molecular flexibility index (Phi) is 5.00. The molecule has 0 aliphatic carbocycles. The Morgan fingerprint density at radius 3 is 2.30 bits per heavy atom. The number of Topliss-reactive ketones (excluding diaryl/α,β-unsaturated/α-hetero) is 1. The molecule has 0 aliphatic rings. The Balaban J connectivity index is 2.98. The molecule has 0 fully saturated rings. The lowest BCUT2D eigenvalue weighted by molar-refractivity contribution is 0.0939. The zero-order chi connectivity index (χ0) is 17.3. The van der Waals surface area contributed by atoms with Gasteiger partial charge in [0.15, 0.2) is 5.78 Å². The minimum atomic E-state index is -0.841. The molecule has 3 nitrogen and oxygen atoms in total. The molecule has 0 aliphatic heterocycles. The molecular weight excluding hydrogens is 324 g/mol. The highest BCUT2D eigenvalue weighted by atomic mass is 35.5. The van der Waals surface area contributed by atoms with Crippen molar-refractivity contribution >= 4 is 17.4 Å². The number of pyridine rings is 1. The summed E-state index contributed by atoms with van der Waals surface area (Å²) in [6.45, 7) is 5.10. The van der Waals surface area contributed by atoms with Gasteiger partial charge in [-0.05, 0) is 25.1 Å². The van der Waals surface area contributed by atoms with Crippen LogP contribution in [-0.2, 0) is 6.54 Å². The lowest BCUT2D eigenvalue weighted by atomic mass is 9.95. The van der Waals surface area contributed by atoms with E-state index >= 15 is 0 Å². The summed E-state index contributed by atoms with van der Waals surface area (Å²) in [5, 5.41) is -0.156. The van der Waals surface area contributed by atoms with Gasteiger partial charge in [0, 0.05) is 18.0 Å². The van der Waals surface area contributed by atoms with Crippen LogP contribution in [0.15, 0.2) is 29.1 Å². The minimum absolute atomic E-state index is 0.0375. The first-order valence-corrected chi connectivity index (χ1v) is 7.59. The first-order chi connectivity index (χ1) is 10.8. The van der Waals surface area contributed by atoms with Gasteiger partial charge in [0.05, 0.1) is 11.3 Å². The van der Waals surface area contributed by atoms with E-state index in [9.17, 15) is 18.4 Å². The predicted molar refractivity (Wildman–Crippen MR) is 85.9 cm³/mol. The Morgan fingerprint density at radius 1 is 1.26 bits per heavy atom. The molecule has 122 valence electrons. The molecule has 0 amide bonds. The molecule has 0 radical (unpaired) electrons. The van der Waals surface area contributed by atoms with Crippen molar-refractivity contribution in [3.05, 3.63) is 56.8 Å². The molecule has 2 aromatic rings. The summed E-state index contributed by atoms with van der Waals surface area (Å²) in [7, 11) is 0. The van der Waals surface area contributed by atoms with Crippen molar-refractivity contribution in [2.75, 3.05) is 0 Å². The highest BCUT2D eigenvalue weighted by Crippen LogP contribution is 2.31. The van der Waals surface area contributed by atoms with Crippen molar-refractivity contribution in [3.8, 4) is 11.3 Å². The molecule has 0 N–H and O–H groups in total. The van der Waals surface area contributed by atoms with Crippen LogP contribution in [0.1, 0.15) is 31.1 Å². The molecule has 1 heterocycles. The first kappa shape index (κ1) is 17.3. The molecular formula is C17H16ClF2NO2. The number of rotatable bonds is 4. The van der Waals surface area contributed by atoms with Gasteiger partial charge in [-0.2, -0.15) is 0 Å². The van der Waals surface area contributed by atoms with Crippen LogP contribution in [0.2, 0.25) is 5.02 Å². The van der Waals surface area contributed by atoms with Gasteiger partial charge < -0.3 is 4.57 Å². The van der Waals surface area contributed by atoms with E-state index in [0.29, 0.717) is 0 Å². The van der Waals surface area contributed by atoms with Crippen molar-refractivity contribution in [1.29, 1.82) is 0 Å². The molecule has 1 aromatic heterocycles. The monoisotopic (exact) mass is 339 g/mol. The van der Waals surface area contributed by atoms with Crippen LogP contribution in [0, 0.1) is 17.6 Å². The first-order valence-electron chi connectivity index (χ1n) is 7.21. The van der Waals surface area contributed by atoms with Crippen LogP contribution in [0.5, 0.6) is 0 Å². The van der Waals surface area contributed by atoms with Gasteiger partial charge in [-0.25, -0.2) is 8.78 Å². The van der Waals surface area contributed by atoms with E-state index in [2.05, 4.69) is 0 Å². The van der Waals surface area contributed by atoms with Gasteiger partial charge in [0.1, 0.15) is 16.7 Å². The number of carbonyl (C=O) groups excluding carboxylic acids is 1. The van der Waals surface area contributed by atoms with Crippen molar-refractivity contribution < 1.29 is 13.6 Å². The smallest absolute Gasteiger partial charge is 0.269 e. The number of aromatic nitrogens is 1. The number of ketones is 1. The standard InChI is InChI=1S/C17H16ClF2NO2/c1-4-21-15(14-12(19)6-5-7-13(14)20)10(16(22)9(2)3)8-11(18)17(21)23/h5-9H,4H2,1-3H3. The number of halogens is 3. The van der Waals surface area contributed by atoms with E-state index in [4.69, 9.17) is 11.6 Å². The Labute approximate surface area is 137 Å². The maximum Gasteiger partial charge on any atom is 0.269 e. The zero-order valence-corrected chi connectivity index (χ0v) is 13.7. The zero-order valence-electron chi connectivity index (χ0n) is 13.0. The maximum atomic E-state index is 14.2. The van der Waals surface area contributed by atoms with Crippen molar-refractivity contribution in [2.24, 2.45) is 5.92 Å². The van der Waals surface area contributed by atoms with Gasteiger partial charge in [-0.1, -0.05) is 31.5 Å². The van der Waals surface area contributed by atoms with Crippen LogP contribution in [0.3, 0.4) is 0 Å². The highest BCUT2D eigenvalue weighted by Gasteiger charge is 2.25. The van der Waals surface area contributed by atoms with E-state index in [1.54, 1.807) is 20.8 Å². The fourth-order valence-corrected chi connectivity index (χ4v) is 2.64. The third-order valence-electron chi connectivity index (χ3n) is 3.55. The summed E-state index contributed by atoms with van der Waals surface area (Å²) in [4.78, 5) is 24.7. The van der Waals surface area contributed by atoms with Gasteiger partial charge in [0.2, 0.25) is 0 Å². The van der Waals surface area contributed by atoms with E-state index in [1.165, 1.54) is 12.1 Å². The molecule has 0 spiro atoms. The van der Waals surface area contributed by atoms with E-state index in [0.717, 1.165) is 16.7 Å². The third-order valence-corrected chi connectivity index (χ3v) is 3.82. The van der Waals surface area contributed by atoms with Gasteiger partial charge >= 0.3 is 0 Å². The Hall–Kier alpha value is -2.01. The van der Waals surface area contributed by atoms with Crippen LogP contribution in [-0.4, -0.2) is 10.4 Å². The van der Waals surface area contributed by atoms with Crippen LogP contribution in [0.4, 0.5) is 8.78 Å². The van der Waals surface area contributed by atoms with E-state index < -0.39 is 28.7 Å². The molecule has 0 atom stereocenters. The van der Waals surface area contributed by atoms with E-state index in [1.807, 2.05) is 0 Å². The quantitative estimate of drug-likeness (QED) is 0.779. The Bertz CT molecular complexity index is 808. The normalized spacial score (nSPS) is 11.1. The van der Waals surface area contributed by atoms with Crippen molar-refractivity contribution in [1.82, 2.24) is 4.57 Å². The molecule has 0 bridgehead atoms. The topological polar surface area (TPSA) is 39.1 Å². The Morgan fingerprint density at radius 2 is 1.83 bits per heavy atom. The fraction of sp³-hybridized carbons (Fsp3) is 0.294. The number of carbonyl (C=O) groups is 1. The lowest BCUT2D eigenvalue weighted by Gasteiger charge is -2.18. The molecule has 23 heavy (non-hydrogen) atoms. The van der Waals surface area contributed by atoms with Gasteiger partial charge in [-0.3, -0.25) is 9.59 Å². The van der Waals surface area contributed by atoms with Crippen LogP contribution >= 0.6 is 11.6 Å². The largest absolute Gasteiger partial charge is 0.306 e. The molecule has 0 unspecified atom stereocenters. The van der Waals surface area contributed by atoms with Gasteiger partial charge in [0.25, 0.3) is 5.56 Å². The molecule has 6 heteroatoms. The summed E-state index contributed by atoms with van der Waals surface area (Å²) < 4.78 is 29.6. The van der Waals surface area contributed by atoms with Crippen molar-refractivity contribution in [3.63, 3.8) is 0 Å². The number of nitrogens with zero attached hydrogens (tertiary/aromatic N) is 1. The van der Waals surface area contributed by atoms with Crippen molar-refractivity contribution in [2.45, 2.75) is 27.3 Å². The van der Waals surface area contributed by atoms with Gasteiger partial charge in [-0.15, -0.1) is 0 Å². The van der Waals surface area contributed by atoms with Crippen LogP contribution in [0.25, 0.3) is 11.3 Å². The average Bonchev–Trinajstić information content (AvgIpc) is 2.49. The number of hydrogen-bond donors (Lipinski definition) is 0. The third kappa shape index (κ3) is 3.06. The average molecular weight is 340 g/mol. The molecule has 1 aromatic carbocycles. The highest BCUT2D eigenvalue weighted by molar-refractivity contribution is 6.31. The summed E-state index contributed by atoms with van der Waals surface area (Å²) in [5.74, 6) is -2.44. The predicted octanol–water partition coefficient (Wildman–Crippen LogP) is 4.31. The maximum absolute atomic E-state index is 14.2. The minimum Gasteiger partial charge on any atom is -0.306 e. The fourth-order valence-electron chi connectivity index (χ4n) is 2.43. The summed E-state index contributed by atoms with van der Waals surface area (Å²) in [6, 6.07) is 4.59. The molecule has 0 saturated heterocycles. The second kappa shape index (κ2) is 6.62. The van der Waals surface area contributed by atoms with E-state index in [-0.39, 0.29) is 28.6 Å². The number of hydrogen-bond acceptors (Lipinski definition) is 2. The summed E-state index contributed by atoms with van der Waals surface area (Å²) >= 11 is 5.91. The second-order valence-electron chi connectivity index (χ2n) is 5.42.